The van der Waals surface area contributed by atoms with Crippen molar-refractivity contribution in [1.82, 2.24) is 19.4 Å². The predicted octanol–water partition coefficient (Wildman–Crippen LogP) is 3.39. The number of nitrogens with one attached hydrogen (secondary N) is 1. The largest absolute Gasteiger partial charge is 0.339 e. The summed E-state index contributed by atoms with van der Waals surface area (Å²) in [5, 5.41) is 0. The molecule has 6 heteroatoms. The number of H-pyrrole nitrogens is 1. The molecule has 0 spiro atoms. The molecule has 2 aliphatic heterocycles. The van der Waals surface area contributed by atoms with E-state index in [1.165, 1.54) is 12.0 Å². The fraction of sp³-hybridized carbons (Fsp3) is 0.667. The highest BCUT2D eigenvalue weighted by molar-refractivity contribution is 5.82. The molecule has 1 amide bonds. The molecule has 0 aliphatic carbocycles. The summed E-state index contributed by atoms with van der Waals surface area (Å²) >= 11 is 0. The zero-order chi connectivity index (χ0) is 21.5. The van der Waals surface area contributed by atoms with E-state index >= 15 is 0 Å². The summed E-state index contributed by atoms with van der Waals surface area (Å²) in [5.41, 5.74) is 2.96. The Hall–Kier alpha value is -2.08. The van der Waals surface area contributed by atoms with Crippen molar-refractivity contribution in [1.29, 1.82) is 0 Å². The summed E-state index contributed by atoms with van der Waals surface area (Å²) in [6, 6.07) is 6.86. The Bertz CT molecular complexity index is 968. The minimum atomic E-state index is -0.309. The van der Waals surface area contributed by atoms with E-state index in [0.29, 0.717) is 18.0 Å². The van der Waals surface area contributed by atoms with Crippen molar-refractivity contribution in [2.24, 2.45) is 5.41 Å². The van der Waals surface area contributed by atoms with E-state index in [1.54, 1.807) is 0 Å². The van der Waals surface area contributed by atoms with Crippen LogP contribution in [0.1, 0.15) is 58.4 Å². The lowest BCUT2D eigenvalue weighted by Gasteiger charge is -2.40. The normalized spacial score (nSPS) is 22.1. The maximum atomic E-state index is 12.9. The van der Waals surface area contributed by atoms with Gasteiger partial charge in [0.05, 0.1) is 11.0 Å². The molecule has 4 rings (SSSR count). The number of likely N-dealkylation sites (tertiary alicyclic amines) is 1. The van der Waals surface area contributed by atoms with Crippen LogP contribution in [0.25, 0.3) is 11.0 Å². The molecule has 0 saturated carbocycles. The molecule has 0 bridgehead atoms. The van der Waals surface area contributed by atoms with Gasteiger partial charge in [0.25, 0.3) is 0 Å². The lowest BCUT2D eigenvalue weighted by molar-refractivity contribution is -0.143. The predicted molar refractivity (Wildman–Crippen MR) is 121 cm³/mol. The second kappa shape index (κ2) is 8.22. The van der Waals surface area contributed by atoms with Crippen molar-refractivity contribution >= 4 is 16.9 Å². The van der Waals surface area contributed by atoms with E-state index in [-0.39, 0.29) is 11.1 Å². The first kappa shape index (κ1) is 21.2. The molecule has 30 heavy (non-hydrogen) atoms. The average Bonchev–Trinajstić information content (AvgIpc) is 3.04. The third-order valence-electron chi connectivity index (χ3n) is 6.93. The average molecular weight is 413 g/mol. The number of likely N-dealkylation sites (N-methyl/N-ethyl adjacent to an activating group) is 1. The SMILES string of the molecule is CN(CCCC1CCCCN1C(=O)C(C)(C)C)[C@@H]1Cc2cccc3[nH]c(=O)n(c23)C1. The maximum absolute atomic E-state index is 12.9. The van der Waals surface area contributed by atoms with E-state index in [4.69, 9.17) is 0 Å². The number of aromatic nitrogens is 2. The Morgan fingerprint density at radius 3 is 2.83 bits per heavy atom. The number of hydrogen-bond acceptors (Lipinski definition) is 3. The third-order valence-corrected chi connectivity index (χ3v) is 6.93. The summed E-state index contributed by atoms with van der Waals surface area (Å²) in [6.45, 7) is 8.71. The van der Waals surface area contributed by atoms with Gasteiger partial charge in [-0.2, -0.15) is 0 Å². The van der Waals surface area contributed by atoms with E-state index in [2.05, 4.69) is 27.9 Å². The highest BCUT2D eigenvalue weighted by Gasteiger charge is 2.33. The van der Waals surface area contributed by atoms with E-state index in [9.17, 15) is 9.59 Å². The van der Waals surface area contributed by atoms with Crippen molar-refractivity contribution in [2.75, 3.05) is 20.1 Å². The van der Waals surface area contributed by atoms with Gasteiger partial charge in [-0.1, -0.05) is 32.9 Å². The molecule has 2 atom stereocenters. The van der Waals surface area contributed by atoms with Gasteiger partial charge in [0, 0.05) is 30.6 Å². The number of nitrogens with zero attached hydrogens (tertiary/aromatic N) is 3. The molecule has 164 valence electrons. The topological polar surface area (TPSA) is 61.3 Å². The van der Waals surface area contributed by atoms with Crippen molar-refractivity contribution in [3.8, 4) is 0 Å². The molecule has 1 aromatic carbocycles. The third kappa shape index (κ3) is 4.07. The highest BCUT2D eigenvalue weighted by atomic mass is 16.2. The molecule has 1 fully saturated rings. The number of benzene rings is 1. The Morgan fingerprint density at radius 2 is 2.07 bits per heavy atom. The smallest absolute Gasteiger partial charge is 0.326 e. The number of carbonyl (C=O) groups is 1. The summed E-state index contributed by atoms with van der Waals surface area (Å²) in [6.07, 6.45) is 6.58. The summed E-state index contributed by atoms with van der Waals surface area (Å²) < 4.78 is 1.90. The Kier molecular flexibility index (Phi) is 5.80. The Labute approximate surface area is 179 Å². The molecule has 1 unspecified atom stereocenters. The molecule has 0 radical (unpaired) electrons. The minimum absolute atomic E-state index is 0.00547. The van der Waals surface area contributed by atoms with Gasteiger partial charge in [-0.25, -0.2) is 4.79 Å². The minimum Gasteiger partial charge on any atom is -0.339 e. The summed E-state index contributed by atoms with van der Waals surface area (Å²) in [5.74, 6) is 0.292. The monoisotopic (exact) mass is 412 g/mol. The zero-order valence-electron chi connectivity index (χ0n) is 18.9. The Morgan fingerprint density at radius 1 is 1.27 bits per heavy atom. The van der Waals surface area contributed by atoms with Gasteiger partial charge < -0.3 is 14.8 Å². The number of piperidine rings is 1. The van der Waals surface area contributed by atoms with Gasteiger partial charge >= 0.3 is 5.69 Å². The van der Waals surface area contributed by atoms with Crippen LogP contribution in [0, 0.1) is 5.41 Å². The van der Waals surface area contributed by atoms with Gasteiger partial charge in [0.15, 0.2) is 0 Å². The lowest BCUT2D eigenvalue weighted by atomic mass is 9.90. The zero-order valence-corrected chi connectivity index (χ0v) is 18.9. The first-order chi connectivity index (χ1) is 14.3. The molecule has 1 aromatic heterocycles. The second-order valence-corrected chi connectivity index (χ2v) is 10.2. The molecule has 3 heterocycles. The fourth-order valence-corrected chi connectivity index (χ4v) is 5.22. The molecule has 2 aliphatic rings. The summed E-state index contributed by atoms with van der Waals surface area (Å²) in [7, 11) is 2.17. The number of amides is 1. The highest BCUT2D eigenvalue weighted by Crippen LogP contribution is 2.28. The number of aromatic amines is 1. The second-order valence-electron chi connectivity index (χ2n) is 10.2. The van der Waals surface area contributed by atoms with Crippen LogP contribution in [0.3, 0.4) is 0 Å². The molecule has 6 nitrogen and oxygen atoms in total. The van der Waals surface area contributed by atoms with Gasteiger partial charge in [0.1, 0.15) is 0 Å². The quantitative estimate of drug-likeness (QED) is 0.819. The fourth-order valence-electron chi connectivity index (χ4n) is 5.22. The Balaban J connectivity index is 1.36. The summed E-state index contributed by atoms with van der Waals surface area (Å²) in [4.78, 5) is 32.8. The number of imidazole rings is 1. The van der Waals surface area contributed by atoms with E-state index < -0.39 is 0 Å². The first-order valence-corrected chi connectivity index (χ1v) is 11.5. The van der Waals surface area contributed by atoms with E-state index in [1.807, 2.05) is 37.5 Å². The standard InChI is InChI=1S/C24H36N4O2/c1-24(2,3)22(29)27-14-6-5-10-18(27)11-8-13-26(4)19-15-17-9-7-12-20-21(17)28(16-19)23(30)25-20/h7,9,12,18-19H,5-6,8,10-11,13-16H2,1-4H3,(H,25,30)/t18?,19-/m1/s1. The molecular weight excluding hydrogens is 376 g/mol. The van der Waals surface area contributed by atoms with Crippen LogP contribution < -0.4 is 5.69 Å². The first-order valence-electron chi connectivity index (χ1n) is 11.5. The van der Waals surface area contributed by atoms with Crippen molar-refractivity contribution in [3.05, 3.63) is 34.2 Å². The van der Waals surface area contributed by atoms with Crippen molar-refractivity contribution < 1.29 is 4.79 Å². The van der Waals surface area contributed by atoms with Crippen LogP contribution in [-0.2, 0) is 17.8 Å². The molecule has 1 saturated heterocycles. The van der Waals surface area contributed by atoms with Crippen LogP contribution in [0.4, 0.5) is 0 Å². The lowest BCUT2D eigenvalue weighted by Crippen LogP contribution is -2.48. The van der Waals surface area contributed by atoms with Crippen LogP contribution in [-0.4, -0.2) is 57.5 Å². The van der Waals surface area contributed by atoms with Crippen LogP contribution in [0.2, 0.25) is 0 Å². The van der Waals surface area contributed by atoms with Gasteiger partial charge in [-0.05, 0) is 63.7 Å². The van der Waals surface area contributed by atoms with E-state index in [0.717, 1.165) is 62.8 Å². The number of hydrogen-bond donors (Lipinski definition) is 1. The number of para-hydroxylation sites is 1. The van der Waals surface area contributed by atoms with Crippen LogP contribution in [0.5, 0.6) is 0 Å². The number of rotatable bonds is 5. The van der Waals surface area contributed by atoms with Gasteiger partial charge in [-0.3, -0.25) is 9.36 Å². The van der Waals surface area contributed by atoms with Crippen molar-refractivity contribution in [3.63, 3.8) is 0 Å². The number of carbonyl (C=O) groups excluding carboxylic acids is 1. The molecule has 2 aromatic rings. The van der Waals surface area contributed by atoms with Crippen LogP contribution >= 0.6 is 0 Å². The van der Waals surface area contributed by atoms with Crippen molar-refractivity contribution in [2.45, 2.75) is 77.9 Å². The maximum Gasteiger partial charge on any atom is 0.326 e. The van der Waals surface area contributed by atoms with Gasteiger partial charge in [-0.15, -0.1) is 0 Å². The van der Waals surface area contributed by atoms with Gasteiger partial charge in [0.2, 0.25) is 5.91 Å². The molecular formula is C24H36N4O2. The molecule has 1 N–H and O–H groups in total. The van der Waals surface area contributed by atoms with Crippen LogP contribution in [0.15, 0.2) is 23.0 Å².